The van der Waals surface area contributed by atoms with Crippen LogP contribution in [0.25, 0.3) is 22.0 Å². The summed E-state index contributed by atoms with van der Waals surface area (Å²) in [5, 5.41) is 1.17. The van der Waals surface area contributed by atoms with Crippen molar-refractivity contribution in [3.8, 4) is 11.1 Å². The van der Waals surface area contributed by atoms with Gasteiger partial charge >= 0.3 is 11.9 Å². The number of ether oxygens (including phenoxy) is 2. The molecule has 6 heteroatoms. The monoisotopic (exact) mass is 411 g/mol. The number of nitrogens with zero attached hydrogens (tertiary/aromatic N) is 1. The molecule has 2 aromatic carbocycles. The van der Waals surface area contributed by atoms with Crippen molar-refractivity contribution >= 4 is 34.4 Å². The highest BCUT2D eigenvalue weighted by atomic mass is 35.5. The van der Waals surface area contributed by atoms with Crippen LogP contribution in [-0.2, 0) is 9.47 Å². The lowest BCUT2D eigenvalue weighted by Crippen LogP contribution is -2.18. The average molecular weight is 412 g/mol. The second kappa shape index (κ2) is 9.52. The van der Waals surface area contributed by atoms with Gasteiger partial charge in [-0.15, -0.1) is 0 Å². The summed E-state index contributed by atoms with van der Waals surface area (Å²) in [6.45, 7) is 4.28. The highest BCUT2D eigenvalue weighted by Gasteiger charge is 2.28. The van der Waals surface area contributed by atoms with E-state index in [0.717, 1.165) is 5.56 Å². The van der Waals surface area contributed by atoms with Crippen molar-refractivity contribution in [3.05, 3.63) is 64.8 Å². The van der Waals surface area contributed by atoms with Crippen LogP contribution in [0.4, 0.5) is 0 Å². The van der Waals surface area contributed by atoms with Crippen LogP contribution in [0.5, 0.6) is 0 Å². The Morgan fingerprint density at radius 2 is 1.59 bits per heavy atom. The van der Waals surface area contributed by atoms with Crippen molar-refractivity contribution in [1.29, 1.82) is 0 Å². The van der Waals surface area contributed by atoms with Crippen molar-refractivity contribution < 1.29 is 19.1 Å². The highest BCUT2D eigenvalue weighted by molar-refractivity contribution is 6.31. The summed E-state index contributed by atoms with van der Waals surface area (Å²) in [7, 11) is 0. The van der Waals surface area contributed by atoms with Crippen molar-refractivity contribution in [2.24, 2.45) is 0 Å². The van der Waals surface area contributed by atoms with Crippen LogP contribution in [0.1, 0.15) is 47.5 Å². The van der Waals surface area contributed by atoms with Crippen LogP contribution < -0.4 is 0 Å². The second-order valence-electron chi connectivity index (χ2n) is 6.51. The molecule has 0 bridgehead atoms. The van der Waals surface area contributed by atoms with Crippen LogP contribution in [0, 0.1) is 0 Å². The first kappa shape index (κ1) is 20.8. The van der Waals surface area contributed by atoms with Gasteiger partial charge in [-0.25, -0.2) is 14.6 Å². The third-order valence-electron chi connectivity index (χ3n) is 4.28. The van der Waals surface area contributed by atoms with Gasteiger partial charge in [0.2, 0.25) is 0 Å². The molecule has 1 heterocycles. The molecule has 0 fully saturated rings. The maximum absolute atomic E-state index is 13.0. The average Bonchev–Trinajstić information content (AvgIpc) is 2.75. The standard InChI is InChI=1S/C23H22ClNO4/c1-3-12-28-22(26)20-19(15-8-6-5-7-9-15)17-14-16(24)10-11-18(17)25-21(20)23(27)29-13-4-2/h5-11,14H,3-4,12-13H2,1-2H3. The zero-order valence-electron chi connectivity index (χ0n) is 16.4. The molecule has 0 amide bonds. The topological polar surface area (TPSA) is 65.5 Å². The van der Waals surface area contributed by atoms with E-state index >= 15 is 0 Å². The summed E-state index contributed by atoms with van der Waals surface area (Å²) >= 11 is 6.23. The van der Waals surface area contributed by atoms with Gasteiger partial charge < -0.3 is 9.47 Å². The number of hydrogen-bond donors (Lipinski definition) is 0. The molecule has 3 aromatic rings. The largest absolute Gasteiger partial charge is 0.462 e. The number of esters is 2. The Bertz CT molecular complexity index is 1030. The minimum atomic E-state index is -0.649. The highest BCUT2D eigenvalue weighted by Crippen LogP contribution is 2.35. The Balaban J connectivity index is 2.35. The van der Waals surface area contributed by atoms with E-state index < -0.39 is 11.9 Å². The number of halogens is 1. The molecule has 5 nitrogen and oxygen atoms in total. The van der Waals surface area contributed by atoms with Crippen molar-refractivity contribution in [1.82, 2.24) is 4.98 Å². The Kier molecular flexibility index (Phi) is 6.83. The molecule has 3 rings (SSSR count). The van der Waals surface area contributed by atoms with E-state index in [2.05, 4.69) is 4.98 Å². The number of pyridine rings is 1. The Morgan fingerprint density at radius 1 is 0.931 bits per heavy atom. The van der Waals surface area contributed by atoms with E-state index in [1.807, 2.05) is 44.2 Å². The minimum absolute atomic E-state index is 0.0479. The third kappa shape index (κ3) is 4.57. The molecule has 150 valence electrons. The van der Waals surface area contributed by atoms with E-state index in [4.69, 9.17) is 21.1 Å². The molecule has 29 heavy (non-hydrogen) atoms. The van der Waals surface area contributed by atoms with Gasteiger partial charge in [0.1, 0.15) is 5.56 Å². The quantitative estimate of drug-likeness (QED) is 0.467. The molecular weight excluding hydrogens is 390 g/mol. The molecule has 0 N–H and O–H groups in total. The summed E-state index contributed by atoms with van der Waals surface area (Å²) < 4.78 is 10.7. The van der Waals surface area contributed by atoms with Gasteiger partial charge in [-0.1, -0.05) is 55.8 Å². The normalized spacial score (nSPS) is 10.7. The van der Waals surface area contributed by atoms with E-state index in [0.29, 0.717) is 34.3 Å². The summed E-state index contributed by atoms with van der Waals surface area (Å²) in [4.78, 5) is 30.3. The fraction of sp³-hybridized carbons (Fsp3) is 0.261. The molecule has 1 aromatic heterocycles. The molecule has 0 aliphatic rings. The zero-order valence-corrected chi connectivity index (χ0v) is 17.2. The van der Waals surface area contributed by atoms with Gasteiger partial charge in [0.05, 0.1) is 18.7 Å². The van der Waals surface area contributed by atoms with Gasteiger partial charge in [-0.2, -0.15) is 0 Å². The van der Waals surface area contributed by atoms with E-state index in [-0.39, 0.29) is 24.5 Å². The van der Waals surface area contributed by atoms with Gasteiger partial charge in [0.15, 0.2) is 5.69 Å². The van der Waals surface area contributed by atoms with Gasteiger partial charge in [-0.05, 0) is 36.6 Å². The van der Waals surface area contributed by atoms with E-state index in [1.54, 1.807) is 18.2 Å². The molecule has 0 saturated heterocycles. The third-order valence-corrected chi connectivity index (χ3v) is 4.52. The van der Waals surface area contributed by atoms with Crippen molar-refractivity contribution in [2.45, 2.75) is 26.7 Å². The number of carbonyl (C=O) groups is 2. The van der Waals surface area contributed by atoms with Gasteiger partial charge in [0, 0.05) is 16.0 Å². The lowest BCUT2D eigenvalue weighted by Gasteiger charge is -2.16. The van der Waals surface area contributed by atoms with Crippen LogP contribution in [0.2, 0.25) is 5.02 Å². The molecule has 0 atom stereocenters. The lowest BCUT2D eigenvalue weighted by atomic mass is 9.94. The first-order valence-electron chi connectivity index (χ1n) is 9.59. The van der Waals surface area contributed by atoms with Crippen molar-refractivity contribution in [3.63, 3.8) is 0 Å². The smallest absolute Gasteiger partial charge is 0.357 e. The van der Waals surface area contributed by atoms with Gasteiger partial charge in [0.25, 0.3) is 0 Å². The zero-order chi connectivity index (χ0) is 20.8. The molecule has 0 aliphatic heterocycles. The fourth-order valence-corrected chi connectivity index (χ4v) is 3.19. The number of carbonyl (C=O) groups excluding carboxylic acids is 2. The molecule has 0 aliphatic carbocycles. The van der Waals surface area contributed by atoms with Crippen LogP contribution in [-0.4, -0.2) is 30.1 Å². The van der Waals surface area contributed by atoms with Crippen molar-refractivity contribution in [2.75, 3.05) is 13.2 Å². The minimum Gasteiger partial charge on any atom is -0.462 e. The number of aromatic nitrogens is 1. The molecule has 0 spiro atoms. The maximum Gasteiger partial charge on any atom is 0.357 e. The number of fused-ring (bicyclic) bond motifs is 1. The summed E-state index contributed by atoms with van der Waals surface area (Å²) in [6, 6.07) is 14.5. The predicted octanol–water partition coefficient (Wildman–Crippen LogP) is 5.69. The molecule has 0 saturated carbocycles. The van der Waals surface area contributed by atoms with Crippen LogP contribution >= 0.6 is 11.6 Å². The SMILES string of the molecule is CCCOC(=O)c1nc2ccc(Cl)cc2c(-c2ccccc2)c1C(=O)OCCC. The number of rotatable bonds is 7. The molecular formula is C23H22ClNO4. The second-order valence-corrected chi connectivity index (χ2v) is 6.95. The summed E-state index contributed by atoms with van der Waals surface area (Å²) in [5.41, 5.74) is 1.91. The Labute approximate surface area is 174 Å². The van der Waals surface area contributed by atoms with Gasteiger partial charge in [-0.3, -0.25) is 0 Å². The first-order valence-corrected chi connectivity index (χ1v) is 9.97. The van der Waals surface area contributed by atoms with E-state index in [1.165, 1.54) is 0 Å². The summed E-state index contributed by atoms with van der Waals surface area (Å²) in [6.07, 6.45) is 1.32. The molecule has 0 unspecified atom stereocenters. The first-order chi connectivity index (χ1) is 14.1. The van der Waals surface area contributed by atoms with E-state index in [9.17, 15) is 9.59 Å². The number of hydrogen-bond acceptors (Lipinski definition) is 5. The lowest BCUT2D eigenvalue weighted by molar-refractivity contribution is 0.0453. The maximum atomic E-state index is 13.0. The molecule has 0 radical (unpaired) electrons. The van der Waals surface area contributed by atoms with Crippen LogP contribution in [0.15, 0.2) is 48.5 Å². The van der Waals surface area contributed by atoms with Crippen LogP contribution in [0.3, 0.4) is 0 Å². The Hall–Kier alpha value is -2.92. The summed E-state index contributed by atoms with van der Waals surface area (Å²) in [5.74, 6) is -1.26. The Morgan fingerprint density at radius 3 is 2.24 bits per heavy atom. The predicted molar refractivity (Wildman–Crippen MR) is 113 cm³/mol. The number of benzene rings is 2. The fourth-order valence-electron chi connectivity index (χ4n) is 3.02.